The summed E-state index contributed by atoms with van der Waals surface area (Å²) in [7, 11) is 0. The number of rotatable bonds is 4. The number of aliphatic hydroxyl groups is 1. The van der Waals surface area contributed by atoms with E-state index in [1.807, 2.05) is 17.0 Å². The molecule has 1 unspecified atom stereocenters. The number of hydrogen-bond acceptors (Lipinski definition) is 3. The van der Waals surface area contributed by atoms with Crippen LogP contribution < -0.4 is 5.32 Å². The topological polar surface area (TPSA) is 52.6 Å². The standard InChI is InChI=1S/C15H20N2O2/c18-8-7-17(13-5-6-13)15(19)12-9-11-3-1-2-4-14(11)16-10-12/h1-4,12-13,16,18H,5-10H2. The molecule has 1 aliphatic heterocycles. The van der Waals surface area contributed by atoms with Crippen molar-refractivity contribution in [3.63, 3.8) is 0 Å². The number of hydrogen-bond donors (Lipinski definition) is 2. The number of fused-ring (bicyclic) bond motifs is 1. The van der Waals surface area contributed by atoms with Gasteiger partial charge in [-0.1, -0.05) is 18.2 Å². The summed E-state index contributed by atoms with van der Waals surface area (Å²) in [6.07, 6.45) is 2.97. The Kier molecular flexibility index (Phi) is 3.42. The number of anilines is 1. The maximum Gasteiger partial charge on any atom is 0.228 e. The molecule has 4 heteroatoms. The Balaban J connectivity index is 1.71. The molecule has 1 aromatic rings. The van der Waals surface area contributed by atoms with Gasteiger partial charge in [-0.05, 0) is 30.9 Å². The molecule has 0 spiro atoms. The van der Waals surface area contributed by atoms with Crippen LogP contribution in [-0.4, -0.2) is 41.7 Å². The number of para-hydroxylation sites is 1. The second kappa shape index (κ2) is 5.21. The molecule has 0 saturated heterocycles. The van der Waals surface area contributed by atoms with Gasteiger partial charge in [0.15, 0.2) is 0 Å². The van der Waals surface area contributed by atoms with Crippen molar-refractivity contribution in [1.29, 1.82) is 0 Å². The Morgan fingerprint density at radius 1 is 1.37 bits per heavy atom. The molecule has 2 N–H and O–H groups in total. The summed E-state index contributed by atoms with van der Waals surface area (Å²) >= 11 is 0. The Bertz CT molecular complexity index is 471. The van der Waals surface area contributed by atoms with Crippen LogP contribution in [0, 0.1) is 5.92 Å². The smallest absolute Gasteiger partial charge is 0.228 e. The van der Waals surface area contributed by atoms with E-state index < -0.39 is 0 Å². The zero-order valence-electron chi connectivity index (χ0n) is 11.0. The predicted octanol–water partition coefficient (Wildman–Crippen LogP) is 1.25. The second-order valence-electron chi connectivity index (χ2n) is 5.43. The van der Waals surface area contributed by atoms with Gasteiger partial charge in [-0.2, -0.15) is 0 Å². The van der Waals surface area contributed by atoms with E-state index in [1.54, 1.807) is 0 Å². The molecule has 1 amide bonds. The van der Waals surface area contributed by atoms with Crippen molar-refractivity contribution in [1.82, 2.24) is 4.90 Å². The molecule has 1 fully saturated rings. The van der Waals surface area contributed by atoms with E-state index in [0.717, 1.165) is 24.9 Å². The quantitative estimate of drug-likeness (QED) is 0.857. The summed E-state index contributed by atoms with van der Waals surface area (Å²) in [4.78, 5) is 14.4. The van der Waals surface area contributed by atoms with E-state index in [4.69, 9.17) is 5.11 Å². The Labute approximate surface area is 113 Å². The first-order valence-corrected chi connectivity index (χ1v) is 7.02. The Morgan fingerprint density at radius 3 is 2.89 bits per heavy atom. The van der Waals surface area contributed by atoms with E-state index in [0.29, 0.717) is 19.1 Å². The van der Waals surface area contributed by atoms with Gasteiger partial charge in [0.1, 0.15) is 0 Å². The van der Waals surface area contributed by atoms with Gasteiger partial charge in [0.2, 0.25) is 5.91 Å². The Morgan fingerprint density at radius 2 is 2.16 bits per heavy atom. The molecular formula is C15H20N2O2. The first kappa shape index (κ1) is 12.5. The summed E-state index contributed by atoms with van der Waals surface area (Å²) in [5.41, 5.74) is 2.36. The summed E-state index contributed by atoms with van der Waals surface area (Å²) in [6, 6.07) is 8.53. The van der Waals surface area contributed by atoms with Crippen molar-refractivity contribution in [3.8, 4) is 0 Å². The maximum absolute atomic E-state index is 12.6. The van der Waals surface area contributed by atoms with Crippen LogP contribution in [0.1, 0.15) is 18.4 Å². The molecule has 19 heavy (non-hydrogen) atoms. The first-order chi connectivity index (χ1) is 9.29. The van der Waals surface area contributed by atoms with Crippen LogP contribution in [0.5, 0.6) is 0 Å². The van der Waals surface area contributed by atoms with Crippen LogP contribution in [0.3, 0.4) is 0 Å². The van der Waals surface area contributed by atoms with E-state index >= 15 is 0 Å². The van der Waals surface area contributed by atoms with E-state index in [2.05, 4.69) is 17.4 Å². The average Bonchev–Trinajstić information content (AvgIpc) is 3.28. The fourth-order valence-electron chi connectivity index (χ4n) is 2.82. The van der Waals surface area contributed by atoms with Crippen LogP contribution in [0.2, 0.25) is 0 Å². The van der Waals surface area contributed by atoms with E-state index in [-0.39, 0.29) is 18.4 Å². The molecule has 0 bridgehead atoms. The van der Waals surface area contributed by atoms with E-state index in [1.165, 1.54) is 5.56 Å². The fraction of sp³-hybridized carbons (Fsp3) is 0.533. The number of carbonyl (C=O) groups excluding carboxylic acids is 1. The molecule has 3 rings (SSSR count). The van der Waals surface area contributed by atoms with Gasteiger partial charge in [0, 0.05) is 24.8 Å². The molecule has 1 saturated carbocycles. The molecule has 1 heterocycles. The number of carbonyl (C=O) groups is 1. The highest BCUT2D eigenvalue weighted by atomic mass is 16.3. The maximum atomic E-state index is 12.6. The largest absolute Gasteiger partial charge is 0.395 e. The molecule has 1 aliphatic carbocycles. The highest BCUT2D eigenvalue weighted by Crippen LogP contribution is 2.30. The van der Waals surface area contributed by atoms with Crippen molar-refractivity contribution in [2.75, 3.05) is 25.0 Å². The minimum Gasteiger partial charge on any atom is -0.395 e. The Hall–Kier alpha value is -1.55. The summed E-state index contributed by atoms with van der Waals surface area (Å²) in [5, 5.41) is 12.4. The third-order valence-corrected chi connectivity index (χ3v) is 3.98. The molecule has 2 aliphatic rings. The molecule has 1 aromatic carbocycles. The van der Waals surface area contributed by atoms with Gasteiger partial charge in [-0.25, -0.2) is 0 Å². The highest BCUT2D eigenvalue weighted by molar-refractivity contribution is 5.81. The fourth-order valence-corrected chi connectivity index (χ4v) is 2.82. The molecule has 0 aromatic heterocycles. The van der Waals surface area contributed by atoms with E-state index in [9.17, 15) is 4.79 Å². The zero-order chi connectivity index (χ0) is 13.2. The molecule has 102 valence electrons. The zero-order valence-corrected chi connectivity index (χ0v) is 11.0. The number of aliphatic hydroxyl groups excluding tert-OH is 1. The normalized spacial score (nSPS) is 21.4. The van der Waals surface area contributed by atoms with Crippen molar-refractivity contribution in [3.05, 3.63) is 29.8 Å². The van der Waals surface area contributed by atoms with Crippen LogP contribution in [-0.2, 0) is 11.2 Å². The van der Waals surface area contributed by atoms with Crippen molar-refractivity contribution >= 4 is 11.6 Å². The van der Waals surface area contributed by atoms with Crippen LogP contribution >= 0.6 is 0 Å². The number of nitrogens with one attached hydrogen (secondary N) is 1. The third-order valence-electron chi connectivity index (χ3n) is 3.98. The third kappa shape index (κ3) is 2.59. The molecule has 1 atom stereocenters. The van der Waals surface area contributed by atoms with Crippen LogP contribution in [0.4, 0.5) is 5.69 Å². The van der Waals surface area contributed by atoms with Gasteiger partial charge >= 0.3 is 0 Å². The lowest BCUT2D eigenvalue weighted by molar-refractivity contribution is -0.136. The van der Waals surface area contributed by atoms with Crippen molar-refractivity contribution in [2.45, 2.75) is 25.3 Å². The SMILES string of the molecule is O=C(C1CNc2ccccc2C1)N(CCO)C1CC1. The van der Waals surface area contributed by atoms with Gasteiger partial charge in [0.25, 0.3) is 0 Å². The summed E-state index contributed by atoms with van der Waals surface area (Å²) < 4.78 is 0. The lowest BCUT2D eigenvalue weighted by atomic mass is 9.93. The molecular weight excluding hydrogens is 240 g/mol. The number of benzene rings is 1. The minimum atomic E-state index is 0.00190. The van der Waals surface area contributed by atoms with Gasteiger partial charge < -0.3 is 15.3 Å². The van der Waals surface area contributed by atoms with Crippen LogP contribution in [0.25, 0.3) is 0 Å². The van der Waals surface area contributed by atoms with Crippen molar-refractivity contribution < 1.29 is 9.90 Å². The van der Waals surface area contributed by atoms with Gasteiger partial charge in [-0.15, -0.1) is 0 Å². The summed E-state index contributed by atoms with van der Waals surface area (Å²) in [5.74, 6) is 0.195. The lowest BCUT2D eigenvalue weighted by Gasteiger charge is -2.30. The molecule has 0 radical (unpaired) electrons. The minimum absolute atomic E-state index is 0.00190. The monoisotopic (exact) mass is 260 g/mol. The van der Waals surface area contributed by atoms with Gasteiger partial charge in [-0.3, -0.25) is 4.79 Å². The highest BCUT2D eigenvalue weighted by Gasteiger charge is 2.36. The molecule has 4 nitrogen and oxygen atoms in total. The number of nitrogens with zero attached hydrogens (tertiary/aromatic N) is 1. The average molecular weight is 260 g/mol. The van der Waals surface area contributed by atoms with Gasteiger partial charge in [0.05, 0.1) is 12.5 Å². The predicted molar refractivity (Wildman–Crippen MR) is 73.9 cm³/mol. The number of amides is 1. The van der Waals surface area contributed by atoms with Crippen molar-refractivity contribution in [2.24, 2.45) is 5.92 Å². The van der Waals surface area contributed by atoms with Crippen LogP contribution in [0.15, 0.2) is 24.3 Å². The second-order valence-corrected chi connectivity index (χ2v) is 5.43. The summed E-state index contributed by atoms with van der Waals surface area (Å²) in [6.45, 7) is 1.23. The lowest BCUT2D eigenvalue weighted by Crippen LogP contribution is -2.43. The first-order valence-electron chi connectivity index (χ1n) is 7.02.